The van der Waals surface area contributed by atoms with Crippen molar-refractivity contribution in [3.8, 4) is 11.5 Å². The molecule has 0 bridgehead atoms. The summed E-state index contributed by atoms with van der Waals surface area (Å²) in [7, 11) is 0. The maximum Gasteiger partial charge on any atom is 0.508 e. The number of carbonyl (C=O) groups excluding carboxylic acids is 4. The summed E-state index contributed by atoms with van der Waals surface area (Å²) in [6.45, 7) is 14.6. The summed E-state index contributed by atoms with van der Waals surface area (Å²) < 4.78 is 26.4. The van der Waals surface area contributed by atoms with Gasteiger partial charge in [-0.3, -0.25) is 14.4 Å². The third-order valence-corrected chi connectivity index (χ3v) is 5.64. The van der Waals surface area contributed by atoms with Gasteiger partial charge in [-0.25, -0.2) is 4.79 Å². The lowest BCUT2D eigenvalue weighted by atomic mass is 10.1. The van der Waals surface area contributed by atoms with E-state index in [-0.39, 0.29) is 36.9 Å². The fourth-order valence-electron chi connectivity index (χ4n) is 3.18. The van der Waals surface area contributed by atoms with Gasteiger partial charge in [0, 0.05) is 12.8 Å². The number of esters is 3. The molecule has 0 fully saturated rings. The number of hydrogen-bond acceptors (Lipinski definition) is 10. The van der Waals surface area contributed by atoms with E-state index in [4.69, 9.17) is 29.4 Å². The fourth-order valence-corrected chi connectivity index (χ4v) is 3.18. The predicted molar refractivity (Wildman–Crippen MR) is 145 cm³/mol. The molecule has 3 atom stereocenters. The average Bonchev–Trinajstić information content (AvgIpc) is 2.82. The van der Waals surface area contributed by atoms with Crippen LogP contribution in [0.2, 0.25) is 0 Å². The van der Waals surface area contributed by atoms with E-state index >= 15 is 0 Å². The molecule has 0 aromatic heterocycles. The Morgan fingerprint density at radius 1 is 0.718 bits per heavy atom. The summed E-state index contributed by atoms with van der Waals surface area (Å²) in [4.78, 5) is 49.0. The molecule has 0 aliphatic heterocycles. The van der Waals surface area contributed by atoms with Crippen LogP contribution in [0.1, 0.15) is 86.6 Å². The highest BCUT2D eigenvalue weighted by Gasteiger charge is 2.25. The van der Waals surface area contributed by atoms with Gasteiger partial charge in [0.1, 0.15) is 18.2 Å². The average molecular weight is 552 g/mol. The lowest BCUT2D eigenvalue weighted by molar-refractivity contribution is -0.155. The fraction of sp³-hybridized carbons (Fsp3) is 0.655. The smallest absolute Gasteiger partial charge is 0.458 e. The lowest BCUT2D eigenvalue weighted by Crippen LogP contribution is -2.39. The van der Waals surface area contributed by atoms with Gasteiger partial charge in [-0.2, -0.15) is 0 Å². The van der Waals surface area contributed by atoms with Crippen molar-refractivity contribution >= 4 is 24.1 Å². The van der Waals surface area contributed by atoms with E-state index in [9.17, 15) is 19.2 Å². The molecule has 1 rings (SSSR count). The van der Waals surface area contributed by atoms with E-state index < -0.39 is 42.3 Å². The second-order valence-corrected chi connectivity index (χ2v) is 10.8. The predicted octanol–water partition coefficient (Wildman–Crippen LogP) is 5.12. The van der Waals surface area contributed by atoms with Gasteiger partial charge in [-0.1, -0.05) is 33.8 Å². The molecule has 0 unspecified atom stereocenters. The highest BCUT2D eigenvalue weighted by Crippen LogP contribution is 2.30. The van der Waals surface area contributed by atoms with Crippen molar-refractivity contribution in [2.24, 2.45) is 17.6 Å². The Labute approximate surface area is 231 Å². The van der Waals surface area contributed by atoms with Gasteiger partial charge in [0.25, 0.3) is 0 Å². The molecule has 10 heteroatoms. The minimum Gasteiger partial charge on any atom is -0.458 e. The maximum absolute atomic E-state index is 12.6. The van der Waals surface area contributed by atoms with E-state index in [1.165, 1.54) is 12.1 Å². The second kappa shape index (κ2) is 16.7. The Hall–Kier alpha value is -3.14. The quantitative estimate of drug-likeness (QED) is 0.231. The third kappa shape index (κ3) is 14.0. The number of hydrogen-bond donors (Lipinski definition) is 1. The molecule has 0 aliphatic rings. The van der Waals surface area contributed by atoms with Crippen molar-refractivity contribution in [1.29, 1.82) is 0 Å². The molecule has 0 saturated heterocycles. The highest BCUT2D eigenvalue weighted by atomic mass is 16.7. The van der Waals surface area contributed by atoms with Crippen LogP contribution < -0.4 is 15.2 Å². The first kappa shape index (κ1) is 33.9. The Morgan fingerprint density at radius 3 is 1.74 bits per heavy atom. The van der Waals surface area contributed by atoms with Crippen LogP contribution in [0.15, 0.2) is 18.2 Å². The molecule has 0 aliphatic carbocycles. The molecule has 0 amide bonds. The first-order chi connectivity index (χ1) is 18.2. The number of rotatable bonds is 15. The van der Waals surface area contributed by atoms with Crippen LogP contribution in [-0.4, -0.2) is 48.4 Å². The van der Waals surface area contributed by atoms with Crippen LogP contribution in [0.4, 0.5) is 4.79 Å². The highest BCUT2D eigenvalue weighted by molar-refractivity contribution is 5.77. The topological polar surface area (TPSA) is 140 Å². The zero-order valence-corrected chi connectivity index (χ0v) is 24.5. The van der Waals surface area contributed by atoms with Crippen molar-refractivity contribution in [2.75, 3.05) is 0 Å². The number of nitrogens with two attached hydrogens (primary N) is 1. The monoisotopic (exact) mass is 551 g/mol. The van der Waals surface area contributed by atoms with Crippen molar-refractivity contribution < 1.29 is 42.9 Å². The summed E-state index contributed by atoms with van der Waals surface area (Å²) in [5, 5.41) is 0. The summed E-state index contributed by atoms with van der Waals surface area (Å²) in [5.74, 6) is -0.733. The van der Waals surface area contributed by atoms with Crippen LogP contribution in [0, 0.1) is 11.8 Å². The SMILES string of the molecule is CC(C)CCC(=O)Oc1ccc(C[C@H](N)C(=O)O[C@@H](C)[C@H](C)OC(=O)OC(C)C)cc1OC(=O)CCC(C)C. The second-order valence-electron chi connectivity index (χ2n) is 10.8. The maximum atomic E-state index is 12.6. The molecule has 220 valence electrons. The van der Waals surface area contributed by atoms with Crippen molar-refractivity contribution in [1.82, 2.24) is 0 Å². The molecule has 1 aromatic carbocycles. The summed E-state index contributed by atoms with van der Waals surface area (Å²) in [6.07, 6.45) is -0.914. The van der Waals surface area contributed by atoms with Crippen LogP contribution in [0.3, 0.4) is 0 Å². The van der Waals surface area contributed by atoms with Gasteiger partial charge in [-0.05, 0) is 76.5 Å². The molecule has 10 nitrogen and oxygen atoms in total. The van der Waals surface area contributed by atoms with Gasteiger partial charge in [0.15, 0.2) is 11.5 Å². The van der Waals surface area contributed by atoms with Crippen LogP contribution in [0.25, 0.3) is 0 Å². The van der Waals surface area contributed by atoms with Crippen molar-refractivity contribution in [3.63, 3.8) is 0 Å². The molecule has 1 aromatic rings. The Morgan fingerprint density at radius 2 is 1.23 bits per heavy atom. The molecular formula is C29H45NO9. The molecule has 0 saturated carbocycles. The summed E-state index contributed by atoms with van der Waals surface area (Å²) in [6, 6.07) is 3.64. The minimum atomic E-state index is -1.05. The minimum absolute atomic E-state index is 0.0638. The van der Waals surface area contributed by atoms with Gasteiger partial charge >= 0.3 is 24.1 Å². The van der Waals surface area contributed by atoms with Crippen LogP contribution in [-0.2, 0) is 35.0 Å². The van der Waals surface area contributed by atoms with Crippen LogP contribution in [0.5, 0.6) is 11.5 Å². The molecule has 2 N–H and O–H groups in total. The molecule has 0 radical (unpaired) electrons. The Bertz CT molecular complexity index is 958. The van der Waals surface area contributed by atoms with E-state index in [1.807, 2.05) is 27.7 Å². The molecule has 39 heavy (non-hydrogen) atoms. The number of ether oxygens (including phenoxy) is 5. The van der Waals surface area contributed by atoms with Gasteiger partial charge in [-0.15, -0.1) is 0 Å². The molecule has 0 spiro atoms. The van der Waals surface area contributed by atoms with Gasteiger partial charge in [0.05, 0.1) is 6.10 Å². The standard InChI is InChI=1S/C29H45NO9/c1-17(2)9-13-26(31)38-24-12-11-22(16-25(24)39-27(32)14-10-18(3)4)15-23(30)28(33)36-20(7)21(8)37-29(34)35-19(5)6/h11-12,16-21,23H,9-10,13-15,30H2,1-8H3/t20-,21-,23-/m0/s1. The molecule has 0 heterocycles. The third-order valence-electron chi connectivity index (χ3n) is 5.64. The van der Waals surface area contributed by atoms with E-state index in [1.54, 1.807) is 33.8 Å². The summed E-state index contributed by atoms with van der Waals surface area (Å²) >= 11 is 0. The lowest BCUT2D eigenvalue weighted by Gasteiger charge is -2.22. The Kier molecular flexibility index (Phi) is 14.5. The van der Waals surface area contributed by atoms with E-state index in [2.05, 4.69) is 0 Å². The number of benzene rings is 1. The molecular weight excluding hydrogens is 506 g/mol. The largest absolute Gasteiger partial charge is 0.508 e. The van der Waals surface area contributed by atoms with Gasteiger partial charge < -0.3 is 29.4 Å². The number of carbonyl (C=O) groups is 4. The summed E-state index contributed by atoms with van der Waals surface area (Å²) in [5.41, 5.74) is 6.66. The van der Waals surface area contributed by atoms with E-state index in [0.717, 1.165) is 0 Å². The van der Waals surface area contributed by atoms with E-state index in [0.29, 0.717) is 30.2 Å². The van der Waals surface area contributed by atoms with Crippen molar-refractivity contribution in [2.45, 2.75) is 112 Å². The first-order valence-electron chi connectivity index (χ1n) is 13.6. The normalized spacial score (nSPS) is 13.5. The zero-order valence-electron chi connectivity index (χ0n) is 24.5. The van der Waals surface area contributed by atoms with Crippen molar-refractivity contribution in [3.05, 3.63) is 23.8 Å². The van der Waals surface area contributed by atoms with Gasteiger partial charge in [0.2, 0.25) is 0 Å². The first-order valence-corrected chi connectivity index (χ1v) is 13.6. The Balaban J connectivity index is 2.92. The zero-order chi connectivity index (χ0) is 29.7. The van der Waals surface area contributed by atoms with Crippen LogP contribution >= 0.6 is 0 Å².